The Bertz CT molecular complexity index is 165. The van der Waals surface area contributed by atoms with Gasteiger partial charge in [-0.25, -0.2) is 0 Å². The van der Waals surface area contributed by atoms with E-state index in [1.165, 1.54) is 0 Å². The molecule has 0 aliphatic carbocycles. The third kappa shape index (κ3) is 3.64. The zero-order valence-corrected chi connectivity index (χ0v) is 9.20. The number of amides is 1. The standard InChI is InChI=1S/C10H21N3O/c1-10(2)13-7-5-12(6-8-13)4-3-11-9-14/h9-10H,3-8H2,1-2H3,(H,11,14). The number of hydrogen-bond acceptors (Lipinski definition) is 3. The van der Waals surface area contributed by atoms with Gasteiger partial charge in [-0.15, -0.1) is 0 Å². The van der Waals surface area contributed by atoms with Crippen LogP contribution in [0.4, 0.5) is 0 Å². The molecule has 1 amide bonds. The van der Waals surface area contributed by atoms with E-state index in [0.717, 1.165) is 45.7 Å². The predicted molar refractivity (Wildman–Crippen MR) is 57.2 cm³/mol. The molecule has 1 fully saturated rings. The molecule has 0 spiro atoms. The van der Waals surface area contributed by atoms with Gasteiger partial charge in [0.1, 0.15) is 0 Å². The van der Waals surface area contributed by atoms with Crippen LogP contribution in [0.1, 0.15) is 13.8 Å². The van der Waals surface area contributed by atoms with Gasteiger partial charge >= 0.3 is 0 Å². The Morgan fingerprint density at radius 3 is 2.43 bits per heavy atom. The van der Waals surface area contributed by atoms with E-state index in [2.05, 4.69) is 29.0 Å². The fourth-order valence-electron chi connectivity index (χ4n) is 1.78. The third-order valence-corrected chi connectivity index (χ3v) is 2.79. The van der Waals surface area contributed by atoms with E-state index in [0.29, 0.717) is 6.04 Å². The molecule has 0 bridgehead atoms. The first-order valence-electron chi connectivity index (χ1n) is 5.37. The first kappa shape index (κ1) is 11.5. The highest BCUT2D eigenvalue weighted by Crippen LogP contribution is 2.04. The number of rotatable bonds is 5. The van der Waals surface area contributed by atoms with Crippen LogP contribution in [0.25, 0.3) is 0 Å². The molecule has 82 valence electrons. The monoisotopic (exact) mass is 199 g/mol. The Hall–Kier alpha value is -0.610. The van der Waals surface area contributed by atoms with Crippen LogP contribution >= 0.6 is 0 Å². The molecule has 1 rings (SSSR count). The zero-order valence-electron chi connectivity index (χ0n) is 9.20. The van der Waals surface area contributed by atoms with Crippen LogP contribution in [0.15, 0.2) is 0 Å². The summed E-state index contributed by atoms with van der Waals surface area (Å²) < 4.78 is 0. The minimum absolute atomic E-state index is 0.658. The lowest BCUT2D eigenvalue weighted by Gasteiger charge is -2.36. The smallest absolute Gasteiger partial charge is 0.207 e. The second kappa shape index (κ2) is 5.98. The first-order valence-corrected chi connectivity index (χ1v) is 5.37. The van der Waals surface area contributed by atoms with Gasteiger partial charge in [0.05, 0.1) is 0 Å². The van der Waals surface area contributed by atoms with Crippen molar-refractivity contribution in [3.05, 3.63) is 0 Å². The molecule has 4 nitrogen and oxygen atoms in total. The minimum atomic E-state index is 0.658. The largest absolute Gasteiger partial charge is 0.357 e. The Labute approximate surface area is 86.2 Å². The predicted octanol–water partition coefficient (Wildman–Crippen LogP) is -0.242. The third-order valence-electron chi connectivity index (χ3n) is 2.79. The van der Waals surface area contributed by atoms with Gasteiger partial charge in [-0.2, -0.15) is 0 Å². The van der Waals surface area contributed by atoms with E-state index in [1.807, 2.05) is 0 Å². The summed E-state index contributed by atoms with van der Waals surface area (Å²) in [6.45, 7) is 10.8. The molecule has 1 aliphatic heterocycles. The maximum Gasteiger partial charge on any atom is 0.207 e. The van der Waals surface area contributed by atoms with Crippen molar-refractivity contribution in [2.45, 2.75) is 19.9 Å². The Morgan fingerprint density at radius 1 is 1.29 bits per heavy atom. The summed E-state index contributed by atoms with van der Waals surface area (Å²) in [5, 5.41) is 2.69. The topological polar surface area (TPSA) is 35.6 Å². The van der Waals surface area contributed by atoms with Gasteiger partial charge < -0.3 is 5.32 Å². The number of carbonyl (C=O) groups is 1. The van der Waals surface area contributed by atoms with E-state index in [9.17, 15) is 4.79 Å². The van der Waals surface area contributed by atoms with Crippen LogP contribution in [-0.4, -0.2) is 61.5 Å². The second-order valence-electron chi connectivity index (χ2n) is 4.04. The van der Waals surface area contributed by atoms with Crippen LogP contribution in [0.5, 0.6) is 0 Å². The molecule has 1 heterocycles. The van der Waals surface area contributed by atoms with Gasteiger partial charge in [0.25, 0.3) is 0 Å². The lowest BCUT2D eigenvalue weighted by Crippen LogP contribution is -2.50. The molecule has 0 unspecified atom stereocenters. The van der Waals surface area contributed by atoms with Crippen LogP contribution < -0.4 is 5.32 Å². The average Bonchev–Trinajstić information content (AvgIpc) is 2.19. The summed E-state index contributed by atoms with van der Waals surface area (Å²) in [5.41, 5.74) is 0. The number of carbonyl (C=O) groups excluding carboxylic acids is 1. The van der Waals surface area contributed by atoms with Crippen molar-refractivity contribution in [1.29, 1.82) is 0 Å². The quantitative estimate of drug-likeness (QED) is 0.490. The molecule has 0 aromatic heterocycles. The second-order valence-corrected chi connectivity index (χ2v) is 4.04. The minimum Gasteiger partial charge on any atom is -0.357 e. The SMILES string of the molecule is CC(C)N1CCN(CCNC=O)CC1. The lowest BCUT2D eigenvalue weighted by molar-refractivity contribution is -0.109. The normalized spacial score (nSPS) is 19.9. The van der Waals surface area contributed by atoms with Crippen molar-refractivity contribution in [1.82, 2.24) is 15.1 Å². The molecule has 4 heteroatoms. The van der Waals surface area contributed by atoms with Crippen LogP contribution in [0, 0.1) is 0 Å². The highest BCUT2D eigenvalue weighted by molar-refractivity contribution is 5.45. The van der Waals surface area contributed by atoms with Gasteiger partial charge in [0, 0.05) is 45.3 Å². The number of nitrogens with one attached hydrogen (secondary N) is 1. The summed E-state index contributed by atoms with van der Waals surface area (Å²) in [5.74, 6) is 0. The molecule has 0 radical (unpaired) electrons. The van der Waals surface area contributed by atoms with Gasteiger partial charge in [-0.1, -0.05) is 0 Å². The fourth-order valence-corrected chi connectivity index (χ4v) is 1.78. The Kier molecular flexibility index (Phi) is 4.90. The van der Waals surface area contributed by atoms with Crippen molar-refractivity contribution in [2.24, 2.45) is 0 Å². The maximum absolute atomic E-state index is 10.1. The van der Waals surface area contributed by atoms with Crippen molar-refractivity contribution >= 4 is 6.41 Å². The maximum atomic E-state index is 10.1. The molecule has 1 aliphatic rings. The average molecular weight is 199 g/mol. The van der Waals surface area contributed by atoms with Crippen LogP contribution in [-0.2, 0) is 4.79 Å². The summed E-state index contributed by atoms with van der Waals surface area (Å²) >= 11 is 0. The lowest BCUT2D eigenvalue weighted by atomic mass is 10.2. The van der Waals surface area contributed by atoms with Crippen molar-refractivity contribution in [3.63, 3.8) is 0 Å². The number of nitrogens with zero attached hydrogens (tertiary/aromatic N) is 2. The van der Waals surface area contributed by atoms with E-state index in [4.69, 9.17) is 0 Å². The van der Waals surface area contributed by atoms with Gasteiger partial charge in [-0.05, 0) is 13.8 Å². The van der Waals surface area contributed by atoms with Crippen molar-refractivity contribution in [2.75, 3.05) is 39.3 Å². The molecule has 1 saturated heterocycles. The molecule has 14 heavy (non-hydrogen) atoms. The van der Waals surface area contributed by atoms with Crippen LogP contribution in [0.3, 0.4) is 0 Å². The van der Waals surface area contributed by atoms with E-state index in [-0.39, 0.29) is 0 Å². The molecule has 0 saturated carbocycles. The van der Waals surface area contributed by atoms with Crippen molar-refractivity contribution < 1.29 is 4.79 Å². The van der Waals surface area contributed by atoms with Gasteiger partial charge in [0.15, 0.2) is 0 Å². The number of piperazine rings is 1. The van der Waals surface area contributed by atoms with Crippen molar-refractivity contribution in [3.8, 4) is 0 Å². The fraction of sp³-hybridized carbons (Fsp3) is 0.900. The van der Waals surface area contributed by atoms with E-state index in [1.54, 1.807) is 0 Å². The van der Waals surface area contributed by atoms with E-state index < -0.39 is 0 Å². The van der Waals surface area contributed by atoms with Crippen LogP contribution in [0.2, 0.25) is 0 Å². The molecule has 0 aromatic carbocycles. The van der Waals surface area contributed by atoms with E-state index >= 15 is 0 Å². The Balaban J connectivity index is 2.12. The first-order chi connectivity index (χ1) is 6.74. The number of hydrogen-bond donors (Lipinski definition) is 1. The molecular formula is C10H21N3O. The van der Waals surface area contributed by atoms with Gasteiger partial charge in [0.2, 0.25) is 6.41 Å². The Morgan fingerprint density at radius 2 is 1.93 bits per heavy atom. The molecule has 1 N–H and O–H groups in total. The molecule has 0 atom stereocenters. The summed E-state index contributed by atoms with van der Waals surface area (Å²) in [4.78, 5) is 14.9. The molecular weight excluding hydrogens is 178 g/mol. The van der Waals surface area contributed by atoms with Gasteiger partial charge in [-0.3, -0.25) is 14.6 Å². The summed E-state index contributed by atoms with van der Waals surface area (Å²) in [6.07, 6.45) is 0.768. The summed E-state index contributed by atoms with van der Waals surface area (Å²) in [7, 11) is 0. The molecule has 0 aromatic rings. The summed E-state index contributed by atoms with van der Waals surface area (Å²) in [6, 6.07) is 0.658. The highest BCUT2D eigenvalue weighted by Gasteiger charge is 2.17. The highest BCUT2D eigenvalue weighted by atomic mass is 16.1. The zero-order chi connectivity index (χ0) is 10.4.